The summed E-state index contributed by atoms with van der Waals surface area (Å²) in [5, 5.41) is 17.5. The number of carbonyl (C=O) groups excluding carboxylic acids is 2. The number of likely N-dealkylation sites (tertiary alicyclic amines) is 1. The standard InChI is InChI=1S/C32H50N6O4/c1-23-15-17-37(18-16-23)29(39)28(25-13-9-6-10-14-25)38-19-27(34-22-38)36-32(4,41)26(35-30(40)31(2,3)33)21-42-20-24-11-7-5-8-12-24/h5,7-8,11-12,19,22-23,25-26,28,36,41H,6,9-10,13-18,20-21,33H2,1-4H3,(H,35,40)/t26-,28?,32?/m1/s1. The number of rotatable bonds is 12. The molecule has 3 atom stereocenters. The number of nitrogens with zero attached hydrogens (tertiary/aromatic N) is 3. The van der Waals surface area contributed by atoms with Crippen LogP contribution in [0.5, 0.6) is 0 Å². The third-order valence-electron chi connectivity index (χ3n) is 8.71. The first kappa shape index (κ1) is 32.0. The maximum atomic E-state index is 13.9. The first-order valence-corrected chi connectivity index (χ1v) is 15.5. The van der Waals surface area contributed by atoms with Gasteiger partial charge in [-0.25, -0.2) is 4.98 Å². The zero-order valence-electron chi connectivity index (χ0n) is 25.7. The number of hydrogen-bond acceptors (Lipinski definition) is 7. The van der Waals surface area contributed by atoms with Gasteiger partial charge in [0, 0.05) is 19.3 Å². The summed E-state index contributed by atoms with van der Waals surface area (Å²) in [6.07, 6.45) is 11.0. The normalized spacial score (nSPS) is 20.0. The molecule has 2 amide bonds. The summed E-state index contributed by atoms with van der Waals surface area (Å²) in [5.74, 6) is 1.05. The second kappa shape index (κ2) is 14.0. The van der Waals surface area contributed by atoms with Gasteiger partial charge in [0.1, 0.15) is 11.9 Å². The van der Waals surface area contributed by atoms with E-state index in [9.17, 15) is 14.7 Å². The lowest BCUT2D eigenvalue weighted by Gasteiger charge is -2.37. The number of nitrogens with two attached hydrogens (primary N) is 1. The summed E-state index contributed by atoms with van der Waals surface area (Å²) in [7, 11) is 0. The zero-order chi connectivity index (χ0) is 30.3. The zero-order valence-corrected chi connectivity index (χ0v) is 25.7. The van der Waals surface area contributed by atoms with Crippen molar-refractivity contribution in [3.63, 3.8) is 0 Å². The molecular weight excluding hydrogens is 532 g/mol. The number of piperidine rings is 1. The first-order valence-electron chi connectivity index (χ1n) is 15.5. The highest BCUT2D eigenvalue weighted by Gasteiger charge is 2.38. The fourth-order valence-electron chi connectivity index (χ4n) is 5.90. The third kappa shape index (κ3) is 8.55. The van der Waals surface area contributed by atoms with Crippen LogP contribution >= 0.6 is 0 Å². The Labute approximate surface area is 250 Å². The molecule has 2 fully saturated rings. The summed E-state index contributed by atoms with van der Waals surface area (Å²) >= 11 is 0. The molecule has 232 valence electrons. The van der Waals surface area contributed by atoms with Gasteiger partial charge in [-0.2, -0.15) is 0 Å². The molecule has 1 saturated heterocycles. The van der Waals surface area contributed by atoms with Crippen molar-refractivity contribution in [3.8, 4) is 0 Å². The molecule has 0 spiro atoms. The van der Waals surface area contributed by atoms with Gasteiger partial charge < -0.3 is 35.7 Å². The lowest BCUT2D eigenvalue weighted by molar-refractivity contribution is -0.138. The van der Waals surface area contributed by atoms with Crippen molar-refractivity contribution in [2.45, 2.75) is 103 Å². The molecule has 1 saturated carbocycles. The van der Waals surface area contributed by atoms with Crippen molar-refractivity contribution in [2.75, 3.05) is 25.0 Å². The van der Waals surface area contributed by atoms with Crippen LogP contribution in [0.15, 0.2) is 42.9 Å². The fourth-order valence-corrected chi connectivity index (χ4v) is 5.90. The van der Waals surface area contributed by atoms with E-state index >= 15 is 0 Å². The molecule has 5 N–H and O–H groups in total. The summed E-state index contributed by atoms with van der Waals surface area (Å²) in [4.78, 5) is 33.3. The second-order valence-corrected chi connectivity index (χ2v) is 13.1. The first-order chi connectivity index (χ1) is 19.9. The van der Waals surface area contributed by atoms with Gasteiger partial charge in [0.2, 0.25) is 11.8 Å². The number of hydrogen-bond donors (Lipinski definition) is 4. The number of benzene rings is 1. The van der Waals surface area contributed by atoms with E-state index in [-0.39, 0.29) is 24.5 Å². The summed E-state index contributed by atoms with van der Waals surface area (Å²) in [5.41, 5.74) is 4.24. The largest absolute Gasteiger partial charge is 0.374 e. The second-order valence-electron chi connectivity index (χ2n) is 13.1. The fraction of sp³-hybridized carbons (Fsp3) is 0.656. The van der Waals surface area contributed by atoms with Crippen molar-refractivity contribution in [2.24, 2.45) is 17.6 Å². The van der Waals surface area contributed by atoms with Gasteiger partial charge in [-0.15, -0.1) is 0 Å². The van der Waals surface area contributed by atoms with E-state index in [1.54, 1.807) is 33.3 Å². The SMILES string of the molecule is CC1CCN(C(=O)C(C2CCCCC2)n2cnc(NC(C)(O)[C@@H](COCc3ccccc3)NC(=O)C(C)(C)N)c2)CC1. The maximum absolute atomic E-state index is 13.9. The van der Waals surface area contributed by atoms with Crippen LogP contribution in [-0.4, -0.2) is 68.4 Å². The number of aliphatic hydroxyl groups is 1. The van der Waals surface area contributed by atoms with Crippen molar-refractivity contribution in [3.05, 3.63) is 48.4 Å². The molecule has 42 heavy (non-hydrogen) atoms. The van der Waals surface area contributed by atoms with E-state index in [1.165, 1.54) is 6.42 Å². The van der Waals surface area contributed by atoms with Crippen LogP contribution in [-0.2, 0) is 20.9 Å². The van der Waals surface area contributed by atoms with Gasteiger partial charge >= 0.3 is 0 Å². The Kier molecular flexibility index (Phi) is 10.7. The molecule has 1 aromatic heterocycles. The lowest BCUT2D eigenvalue weighted by atomic mass is 9.83. The predicted molar refractivity (Wildman–Crippen MR) is 163 cm³/mol. The van der Waals surface area contributed by atoms with Crippen LogP contribution in [0.4, 0.5) is 5.82 Å². The molecule has 1 aromatic carbocycles. The van der Waals surface area contributed by atoms with Crippen LogP contribution in [0, 0.1) is 11.8 Å². The van der Waals surface area contributed by atoms with Gasteiger partial charge in [0.05, 0.1) is 31.1 Å². The lowest BCUT2D eigenvalue weighted by Crippen LogP contribution is -2.62. The molecule has 0 bridgehead atoms. The van der Waals surface area contributed by atoms with Crippen molar-refractivity contribution in [1.29, 1.82) is 0 Å². The molecule has 2 heterocycles. The number of imidazole rings is 1. The number of anilines is 1. The minimum atomic E-state index is -1.63. The summed E-state index contributed by atoms with van der Waals surface area (Å²) in [6.45, 7) is 8.98. The van der Waals surface area contributed by atoms with E-state index in [1.807, 2.05) is 39.8 Å². The van der Waals surface area contributed by atoms with Crippen molar-refractivity contribution in [1.82, 2.24) is 19.8 Å². The molecule has 2 unspecified atom stereocenters. The van der Waals surface area contributed by atoms with Gasteiger partial charge in [-0.3, -0.25) is 9.59 Å². The monoisotopic (exact) mass is 582 g/mol. The molecule has 1 aliphatic heterocycles. The van der Waals surface area contributed by atoms with Crippen LogP contribution in [0.1, 0.15) is 84.2 Å². The average molecular weight is 583 g/mol. The van der Waals surface area contributed by atoms with Gasteiger partial charge in [-0.05, 0) is 63.9 Å². The topological polar surface area (TPSA) is 135 Å². The Morgan fingerprint density at radius 3 is 2.40 bits per heavy atom. The number of amides is 2. The molecule has 10 heteroatoms. The average Bonchev–Trinajstić information content (AvgIpc) is 3.40. The van der Waals surface area contributed by atoms with Crippen LogP contribution < -0.4 is 16.4 Å². The van der Waals surface area contributed by atoms with E-state index < -0.39 is 23.2 Å². The quantitative estimate of drug-likeness (QED) is 0.280. The molecule has 2 aromatic rings. The summed E-state index contributed by atoms with van der Waals surface area (Å²) in [6, 6.07) is 8.54. The molecular formula is C32H50N6O4. The van der Waals surface area contributed by atoms with Gasteiger partial charge in [-0.1, -0.05) is 56.5 Å². The summed E-state index contributed by atoms with van der Waals surface area (Å²) < 4.78 is 7.83. The van der Waals surface area contributed by atoms with Gasteiger partial charge in [0.15, 0.2) is 5.72 Å². The maximum Gasteiger partial charge on any atom is 0.245 e. The van der Waals surface area contributed by atoms with E-state index in [2.05, 4.69) is 22.5 Å². The number of aromatic nitrogens is 2. The molecule has 4 rings (SSSR count). The Hall–Kier alpha value is -2.95. The Morgan fingerprint density at radius 2 is 1.76 bits per heavy atom. The van der Waals surface area contributed by atoms with E-state index in [4.69, 9.17) is 10.5 Å². The molecule has 2 aliphatic rings. The Bertz CT molecular complexity index is 1150. The Morgan fingerprint density at radius 1 is 1.10 bits per heavy atom. The van der Waals surface area contributed by atoms with Crippen molar-refractivity contribution >= 4 is 17.6 Å². The van der Waals surface area contributed by atoms with E-state index in [0.29, 0.717) is 18.3 Å². The molecule has 0 radical (unpaired) electrons. The third-order valence-corrected chi connectivity index (χ3v) is 8.71. The minimum absolute atomic E-state index is 0.0357. The highest BCUT2D eigenvalue weighted by atomic mass is 16.5. The van der Waals surface area contributed by atoms with Crippen LogP contribution in [0.3, 0.4) is 0 Å². The Balaban J connectivity index is 1.50. The predicted octanol–water partition coefficient (Wildman–Crippen LogP) is 3.82. The molecule has 10 nitrogen and oxygen atoms in total. The van der Waals surface area contributed by atoms with E-state index in [0.717, 1.165) is 57.2 Å². The molecule has 1 aliphatic carbocycles. The minimum Gasteiger partial charge on any atom is -0.374 e. The number of ether oxygens (including phenoxy) is 1. The van der Waals surface area contributed by atoms with Crippen LogP contribution in [0.2, 0.25) is 0 Å². The van der Waals surface area contributed by atoms with Crippen LogP contribution in [0.25, 0.3) is 0 Å². The van der Waals surface area contributed by atoms with Gasteiger partial charge in [0.25, 0.3) is 0 Å². The number of carbonyl (C=O) groups is 2. The smallest absolute Gasteiger partial charge is 0.245 e. The van der Waals surface area contributed by atoms with Crippen molar-refractivity contribution < 1.29 is 19.4 Å². The highest BCUT2D eigenvalue weighted by Crippen LogP contribution is 2.35. The highest BCUT2D eigenvalue weighted by molar-refractivity contribution is 5.85. The number of nitrogens with one attached hydrogen (secondary N) is 2.